The molecule has 0 aliphatic heterocycles. The molecule has 0 bridgehead atoms. The van der Waals surface area contributed by atoms with E-state index in [9.17, 15) is 5.26 Å². The highest BCUT2D eigenvalue weighted by Gasteiger charge is 2.18. The van der Waals surface area contributed by atoms with Crippen LogP contribution in [0.4, 0.5) is 5.69 Å². The number of nitrogens with one attached hydrogen (secondary N) is 1. The number of rotatable bonds is 3. The van der Waals surface area contributed by atoms with Gasteiger partial charge in [-0.1, -0.05) is 11.6 Å². The molecule has 2 rings (SSSR count). The first-order chi connectivity index (χ1) is 9.88. The number of aryl methyl sites for hydroxylation is 2. The average Bonchev–Trinajstić information content (AvgIpc) is 2.44. The molecule has 1 aromatic carbocycles. The Balaban J connectivity index is 2.60. The first-order valence-electron chi connectivity index (χ1n) is 6.83. The van der Waals surface area contributed by atoms with Crippen LogP contribution < -0.4 is 5.32 Å². The third-order valence-electron chi connectivity index (χ3n) is 3.44. The van der Waals surface area contributed by atoms with Crippen LogP contribution in [0.1, 0.15) is 30.5 Å². The van der Waals surface area contributed by atoms with E-state index in [1.54, 1.807) is 6.20 Å². The SMILES string of the molecule is Cc1cc(C)c2ncc(C#N)c(NCC(C)(C)C#N)c2c1. The summed E-state index contributed by atoms with van der Waals surface area (Å²) in [5, 5.41) is 22.6. The fourth-order valence-electron chi connectivity index (χ4n) is 2.28. The van der Waals surface area contributed by atoms with Gasteiger partial charge in [-0.15, -0.1) is 0 Å². The van der Waals surface area contributed by atoms with E-state index in [4.69, 9.17) is 5.26 Å². The lowest BCUT2D eigenvalue weighted by Crippen LogP contribution is -2.21. The summed E-state index contributed by atoms with van der Waals surface area (Å²) in [5.74, 6) is 0. The van der Waals surface area contributed by atoms with Gasteiger partial charge in [-0.05, 0) is 39.3 Å². The van der Waals surface area contributed by atoms with E-state index in [0.29, 0.717) is 12.1 Å². The quantitative estimate of drug-likeness (QED) is 0.929. The zero-order valence-electron chi connectivity index (χ0n) is 12.8. The van der Waals surface area contributed by atoms with E-state index in [1.165, 1.54) is 0 Å². The van der Waals surface area contributed by atoms with Crippen LogP contribution in [0.15, 0.2) is 18.3 Å². The lowest BCUT2D eigenvalue weighted by molar-refractivity contribution is 0.529. The topological polar surface area (TPSA) is 72.5 Å². The third kappa shape index (κ3) is 2.95. The fraction of sp³-hybridized carbons (Fsp3) is 0.353. The molecule has 1 aromatic heterocycles. The molecule has 0 aliphatic carbocycles. The fourth-order valence-corrected chi connectivity index (χ4v) is 2.28. The zero-order chi connectivity index (χ0) is 15.6. The smallest absolute Gasteiger partial charge is 0.103 e. The number of hydrogen-bond acceptors (Lipinski definition) is 4. The second-order valence-corrected chi connectivity index (χ2v) is 5.99. The molecule has 106 valence electrons. The first kappa shape index (κ1) is 14.8. The van der Waals surface area contributed by atoms with Crippen molar-refractivity contribution in [1.82, 2.24) is 4.98 Å². The lowest BCUT2D eigenvalue weighted by atomic mass is 9.95. The number of benzene rings is 1. The summed E-state index contributed by atoms with van der Waals surface area (Å²) in [6.45, 7) is 8.24. The first-order valence-corrected chi connectivity index (χ1v) is 6.83. The number of aromatic nitrogens is 1. The summed E-state index contributed by atoms with van der Waals surface area (Å²) in [4.78, 5) is 4.39. The minimum Gasteiger partial charge on any atom is -0.382 e. The van der Waals surface area contributed by atoms with E-state index < -0.39 is 5.41 Å². The molecule has 0 atom stereocenters. The van der Waals surface area contributed by atoms with Crippen LogP contribution >= 0.6 is 0 Å². The highest BCUT2D eigenvalue weighted by molar-refractivity contribution is 5.96. The molecule has 2 aromatic rings. The monoisotopic (exact) mass is 278 g/mol. The van der Waals surface area contributed by atoms with Crippen molar-refractivity contribution in [3.63, 3.8) is 0 Å². The maximum Gasteiger partial charge on any atom is 0.103 e. The van der Waals surface area contributed by atoms with Gasteiger partial charge in [0.25, 0.3) is 0 Å². The van der Waals surface area contributed by atoms with E-state index >= 15 is 0 Å². The Morgan fingerprint density at radius 1 is 1.24 bits per heavy atom. The molecular weight excluding hydrogens is 260 g/mol. The van der Waals surface area contributed by atoms with Gasteiger partial charge in [0.15, 0.2) is 0 Å². The highest BCUT2D eigenvalue weighted by atomic mass is 14.9. The molecule has 0 spiro atoms. The summed E-state index contributed by atoms with van der Waals surface area (Å²) < 4.78 is 0. The molecule has 0 amide bonds. The summed E-state index contributed by atoms with van der Waals surface area (Å²) in [6, 6.07) is 8.53. The van der Waals surface area contributed by atoms with Gasteiger partial charge in [0.1, 0.15) is 6.07 Å². The van der Waals surface area contributed by atoms with Gasteiger partial charge in [0.2, 0.25) is 0 Å². The minimum absolute atomic E-state index is 0.476. The molecule has 0 saturated heterocycles. The van der Waals surface area contributed by atoms with Crippen LogP contribution in [0.5, 0.6) is 0 Å². The number of pyridine rings is 1. The van der Waals surface area contributed by atoms with E-state index in [0.717, 1.165) is 27.7 Å². The normalized spacial score (nSPS) is 11.0. The van der Waals surface area contributed by atoms with Gasteiger partial charge in [-0.3, -0.25) is 4.98 Å². The van der Waals surface area contributed by atoms with Crippen molar-refractivity contribution in [2.45, 2.75) is 27.7 Å². The van der Waals surface area contributed by atoms with Crippen molar-refractivity contribution in [2.75, 3.05) is 11.9 Å². The molecule has 0 fully saturated rings. The molecular formula is C17H18N4. The number of anilines is 1. The molecule has 0 radical (unpaired) electrons. The number of nitriles is 2. The third-order valence-corrected chi connectivity index (χ3v) is 3.44. The van der Waals surface area contributed by atoms with E-state index in [1.807, 2.05) is 33.8 Å². The molecule has 1 heterocycles. The molecule has 1 N–H and O–H groups in total. The summed E-state index contributed by atoms with van der Waals surface area (Å²) in [7, 11) is 0. The van der Waals surface area contributed by atoms with Crippen LogP contribution in [-0.2, 0) is 0 Å². The molecule has 0 aliphatic rings. The number of nitrogens with zero attached hydrogens (tertiary/aromatic N) is 3. The molecule has 21 heavy (non-hydrogen) atoms. The van der Waals surface area contributed by atoms with Gasteiger partial charge in [0.05, 0.1) is 28.3 Å². The van der Waals surface area contributed by atoms with Crippen molar-refractivity contribution in [1.29, 1.82) is 10.5 Å². The molecule has 0 saturated carbocycles. The van der Waals surface area contributed by atoms with E-state index in [-0.39, 0.29) is 0 Å². The van der Waals surface area contributed by atoms with Crippen LogP contribution in [0, 0.1) is 41.9 Å². The molecule has 0 unspecified atom stereocenters. The van der Waals surface area contributed by atoms with Crippen LogP contribution in [0.2, 0.25) is 0 Å². The van der Waals surface area contributed by atoms with Gasteiger partial charge >= 0.3 is 0 Å². The Kier molecular flexibility index (Phi) is 3.82. The highest BCUT2D eigenvalue weighted by Crippen LogP contribution is 2.29. The summed E-state index contributed by atoms with van der Waals surface area (Å²) >= 11 is 0. The Labute approximate surface area is 125 Å². The minimum atomic E-state index is -0.499. The van der Waals surface area contributed by atoms with Crippen LogP contribution in [0.25, 0.3) is 10.9 Å². The zero-order valence-corrected chi connectivity index (χ0v) is 12.8. The Morgan fingerprint density at radius 2 is 1.95 bits per heavy atom. The van der Waals surface area contributed by atoms with Crippen molar-refractivity contribution in [3.8, 4) is 12.1 Å². The Bertz CT molecular complexity index is 776. The number of hydrogen-bond donors (Lipinski definition) is 1. The van der Waals surface area contributed by atoms with Crippen molar-refractivity contribution in [2.24, 2.45) is 5.41 Å². The maximum absolute atomic E-state index is 9.31. The lowest BCUT2D eigenvalue weighted by Gasteiger charge is -2.19. The van der Waals surface area contributed by atoms with Gasteiger partial charge in [0, 0.05) is 18.1 Å². The van der Waals surface area contributed by atoms with Crippen molar-refractivity contribution >= 4 is 16.6 Å². The van der Waals surface area contributed by atoms with Crippen LogP contribution in [0.3, 0.4) is 0 Å². The van der Waals surface area contributed by atoms with Gasteiger partial charge < -0.3 is 5.32 Å². The summed E-state index contributed by atoms with van der Waals surface area (Å²) in [5.41, 5.74) is 3.86. The standard InChI is InChI=1S/C17H18N4/c1-11-5-12(2)15-14(6-11)16(13(7-18)8-20-15)21-10-17(3,4)9-19/h5-6,8H,10H2,1-4H3,(H,20,21). The predicted molar refractivity (Wildman–Crippen MR) is 83.8 cm³/mol. The van der Waals surface area contributed by atoms with Crippen molar-refractivity contribution in [3.05, 3.63) is 35.0 Å². The summed E-state index contributed by atoms with van der Waals surface area (Å²) in [6.07, 6.45) is 1.59. The van der Waals surface area contributed by atoms with Gasteiger partial charge in [-0.2, -0.15) is 10.5 Å². The van der Waals surface area contributed by atoms with Crippen LogP contribution in [-0.4, -0.2) is 11.5 Å². The van der Waals surface area contributed by atoms with Gasteiger partial charge in [-0.25, -0.2) is 0 Å². The van der Waals surface area contributed by atoms with Crippen molar-refractivity contribution < 1.29 is 0 Å². The Morgan fingerprint density at radius 3 is 2.57 bits per heavy atom. The van der Waals surface area contributed by atoms with E-state index in [2.05, 4.69) is 28.5 Å². The Hall–Kier alpha value is -2.59. The molecule has 4 nitrogen and oxygen atoms in total. The number of fused-ring (bicyclic) bond motifs is 1. The predicted octanol–water partition coefficient (Wildman–Crippen LogP) is 3.69. The molecule has 4 heteroatoms. The second-order valence-electron chi connectivity index (χ2n) is 5.99. The maximum atomic E-state index is 9.31. The largest absolute Gasteiger partial charge is 0.382 e. The second kappa shape index (κ2) is 5.42. The average molecular weight is 278 g/mol.